The molecular weight excluding hydrogens is 162 g/mol. The first-order chi connectivity index (χ1) is 6.30. The van der Waals surface area contributed by atoms with Crippen LogP contribution in [0.5, 0.6) is 0 Å². The molecule has 0 aliphatic carbocycles. The van der Waals surface area contributed by atoms with Gasteiger partial charge in [0.05, 0.1) is 0 Å². The van der Waals surface area contributed by atoms with E-state index in [1.165, 1.54) is 25.9 Å². The highest BCUT2D eigenvalue weighted by atomic mass is 16.5. The summed E-state index contributed by atoms with van der Waals surface area (Å²) in [5.74, 6) is 3.49. The van der Waals surface area contributed by atoms with Crippen LogP contribution >= 0.6 is 0 Å². The summed E-state index contributed by atoms with van der Waals surface area (Å²) in [6.07, 6.45) is 8.03. The maximum absolute atomic E-state index is 5.78. The van der Waals surface area contributed by atoms with E-state index in [4.69, 9.17) is 11.2 Å². The van der Waals surface area contributed by atoms with Crippen LogP contribution in [0.15, 0.2) is 0 Å². The van der Waals surface area contributed by atoms with E-state index >= 15 is 0 Å². The number of rotatable bonds is 2. The second-order valence-corrected chi connectivity index (χ2v) is 4.02. The summed E-state index contributed by atoms with van der Waals surface area (Å²) in [5, 5.41) is 0. The Kier molecular flexibility index (Phi) is 2.31. The van der Waals surface area contributed by atoms with Crippen molar-refractivity contribution in [2.75, 3.05) is 26.2 Å². The Morgan fingerprint density at radius 3 is 2.62 bits per heavy atom. The normalized spacial score (nSPS) is 43.1. The van der Waals surface area contributed by atoms with E-state index in [2.05, 4.69) is 10.8 Å². The highest BCUT2D eigenvalue weighted by molar-refractivity contribution is 5.17. The van der Waals surface area contributed by atoms with E-state index in [0.717, 1.165) is 13.2 Å². The highest BCUT2D eigenvalue weighted by Gasteiger charge is 2.46. The molecule has 0 aromatic heterocycles. The molecule has 0 N–H and O–H groups in total. The van der Waals surface area contributed by atoms with Crippen LogP contribution in [0, 0.1) is 18.3 Å². The average Bonchev–Trinajstić information content (AvgIpc) is 2.20. The highest BCUT2D eigenvalue weighted by Crippen LogP contribution is 2.37. The molecule has 0 saturated carbocycles. The van der Waals surface area contributed by atoms with Crippen LogP contribution < -0.4 is 0 Å². The Labute approximate surface area is 80.2 Å². The molecule has 2 nitrogen and oxygen atoms in total. The molecule has 13 heavy (non-hydrogen) atoms. The third-order valence-electron chi connectivity index (χ3n) is 3.35. The zero-order valence-corrected chi connectivity index (χ0v) is 8.25. The van der Waals surface area contributed by atoms with Gasteiger partial charge in [-0.1, -0.05) is 5.92 Å². The Bertz CT molecular complexity index is 225. The van der Waals surface area contributed by atoms with Crippen molar-refractivity contribution in [2.24, 2.45) is 5.92 Å². The standard InChI is InChI=1S/C11H17NO/c1-3-11(13-4-2)9-12-7-5-10(11)6-8-12/h1,10H,4-9H2,2H3/t11-/m1/s1. The van der Waals surface area contributed by atoms with E-state index in [1.807, 2.05) is 6.92 Å². The van der Waals surface area contributed by atoms with Crippen molar-refractivity contribution in [1.29, 1.82) is 0 Å². The van der Waals surface area contributed by atoms with Crippen LogP contribution in [-0.4, -0.2) is 36.7 Å². The summed E-state index contributed by atoms with van der Waals surface area (Å²) in [6, 6.07) is 0. The van der Waals surface area contributed by atoms with Gasteiger partial charge in [-0.15, -0.1) is 6.42 Å². The lowest BCUT2D eigenvalue weighted by Gasteiger charge is -2.50. The fourth-order valence-electron chi connectivity index (χ4n) is 2.64. The second kappa shape index (κ2) is 3.32. The molecule has 72 valence electrons. The van der Waals surface area contributed by atoms with Crippen LogP contribution in [0.4, 0.5) is 0 Å². The zero-order valence-electron chi connectivity index (χ0n) is 8.25. The van der Waals surface area contributed by atoms with Crippen molar-refractivity contribution in [1.82, 2.24) is 4.90 Å². The van der Waals surface area contributed by atoms with Gasteiger partial charge in [0.25, 0.3) is 0 Å². The van der Waals surface area contributed by atoms with Gasteiger partial charge in [-0.05, 0) is 32.9 Å². The van der Waals surface area contributed by atoms with Crippen molar-refractivity contribution in [2.45, 2.75) is 25.4 Å². The van der Waals surface area contributed by atoms with Gasteiger partial charge in [0.2, 0.25) is 0 Å². The molecule has 0 aromatic rings. The van der Waals surface area contributed by atoms with Gasteiger partial charge >= 0.3 is 0 Å². The van der Waals surface area contributed by atoms with Crippen molar-refractivity contribution < 1.29 is 4.74 Å². The minimum Gasteiger partial charge on any atom is -0.361 e. The molecule has 0 unspecified atom stereocenters. The lowest BCUT2D eigenvalue weighted by molar-refractivity contribution is -0.112. The van der Waals surface area contributed by atoms with Gasteiger partial charge in [0.1, 0.15) is 5.60 Å². The molecule has 2 heteroatoms. The first-order valence-corrected chi connectivity index (χ1v) is 5.15. The SMILES string of the molecule is C#C[C@@]1(OCC)CN2CCC1CC2. The third-order valence-corrected chi connectivity index (χ3v) is 3.35. The van der Waals surface area contributed by atoms with Crippen molar-refractivity contribution >= 4 is 0 Å². The van der Waals surface area contributed by atoms with E-state index < -0.39 is 0 Å². The molecule has 1 atom stereocenters. The van der Waals surface area contributed by atoms with Crippen molar-refractivity contribution in [3.8, 4) is 12.3 Å². The quantitative estimate of drug-likeness (QED) is 0.589. The number of fused-ring (bicyclic) bond motifs is 3. The van der Waals surface area contributed by atoms with E-state index in [1.54, 1.807) is 0 Å². The fourth-order valence-corrected chi connectivity index (χ4v) is 2.64. The summed E-state index contributed by atoms with van der Waals surface area (Å²) in [4.78, 5) is 2.43. The van der Waals surface area contributed by atoms with Gasteiger partial charge < -0.3 is 4.74 Å². The molecule has 3 rings (SSSR count). The van der Waals surface area contributed by atoms with Crippen molar-refractivity contribution in [3.05, 3.63) is 0 Å². The zero-order chi connectivity index (χ0) is 9.31. The molecule has 3 aliphatic rings. The van der Waals surface area contributed by atoms with E-state index in [0.29, 0.717) is 5.92 Å². The molecule has 0 aromatic carbocycles. The van der Waals surface area contributed by atoms with Gasteiger partial charge in [0, 0.05) is 19.1 Å². The molecular formula is C11H17NO. The van der Waals surface area contributed by atoms with Gasteiger partial charge in [-0.2, -0.15) is 0 Å². The first-order valence-electron chi connectivity index (χ1n) is 5.15. The molecule has 0 amide bonds. The van der Waals surface area contributed by atoms with Crippen LogP contribution in [-0.2, 0) is 4.74 Å². The molecule has 3 heterocycles. The van der Waals surface area contributed by atoms with E-state index in [-0.39, 0.29) is 5.60 Å². The molecule has 2 bridgehead atoms. The van der Waals surface area contributed by atoms with Crippen LogP contribution in [0.25, 0.3) is 0 Å². The Morgan fingerprint density at radius 2 is 2.23 bits per heavy atom. The largest absolute Gasteiger partial charge is 0.361 e. The number of terminal acetylenes is 1. The van der Waals surface area contributed by atoms with Crippen LogP contribution in [0.1, 0.15) is 19.8 Å². The number of hydrogen-bond acceptors (Lipinski definition) is 2. The smallest absolute Gasteiger partial charge is 0.143 e. The molecule has 3 saturated heterocycles. The predicted octanol–water partition coefficient (Wildman–Crippen LogP) is 1.12. The number of piperidine rings is 3. The number of hydrogen-bond donors (Lipinski definition) is 0. The van der Waals surface area contributed by atoms with Crippen LogP contribution in [0.2, 0.25) is 0 Å². The summed E-state index contributed by atoms with van der Waals surface area (Å²) in [7, 11) is 0. The molecule has 3 fully saturated rings. The minimum atomic E-state index is -0.259. The summed E-state index contributed by atoms with van der Waals surface area (Å²) < 4.78 is 5.78. The monoisotopic (exact) mass is 179 g/mol. The molecule has 3 aliphatic heterocycles. The fraction of sp³-hybridized carbons (Fsp3) is 0.818. The molecule has 0 spiro atoms. The van der Waals surface area contributed by atoms with Crippen LogP contribution in [0.3, 0.4) is 0 Å². The predicted molar refractivity (Wildman–Crippen MR) is 52.4 cm³/mol. The van der Waals surface area contributed by atoms with Gasteiger partial charge in [0.15, 0.2) is 0 Å². The summed E-state index contributed by atoms with van der Waals surface area (Å²) in [6.45, 7) is 6.12. The topological polar surface area (TPSA) is 12.5 Å². The van der Waals surface area contributed by atoms with E-state index in [9.17, 15) is 0 Å². The Balaban J connectivity index is 2.17. The molecule has 0 radical (unpaired) electrons. The summed E-state index contributed by atoms with van der Waals surface area (Å²) in [5.41, 5.74) is -0.259. The first kappa shape index (κ1) is 9.05. The maximum Gasteiger partial charge on any atom is 0.143 e. The minimum absolute atomic E-state index is 0.259. The Morgan fingerprint density at radius 1 is 1.54 bits per heavy atom. The van der Waals surface area contributed by atoms with Gasteiger partial charge in [-0.25, -0.2) is 0 Å². The lowest BCUT2D eigenvalue weighted by Crippen LogP contribution is -2.59. The van der Waals surface area contributed by atoms with Crippen molar-refractivity contribution in [3.63, 3.8) is 0 Å². The number of ether oxygens (including phenoxy) is 1. The van der Waals surface area contributed by atoms with Gasteiger partial charge in [-0.3, -0.25) is 4.90 Å². The Hall–Kier alpha value is -0.520. The average molecular weight is 179 g/mol. The number of nitrogens with zero attached hydrogens (tertiary/aromatic N) is 1. The third kappa shape index (κ3) is 1.37. The summed E-state index contributed by atoms with van der Waals surface area (Å²) >= 11 is 0. The second-order valence-electron chi connectivity index (χ2n) is 4.02. The maximum atomic E-state index is 5.78. The lowest BCUT2D eigenvalue weighted by atomic mass is 9.75.